The van der Waals surface area contributed by atoms with E-state index in [2.05, 4.69) is 5.32 Å². The Kier molecular flexibility index (Phi) is 4.84. The van der Waals surface area contributed by atoms with Crippen LogP contribution in [0.2, 0.25) is 0 Å². The lowest BCUT2D eigenvalue weighted by Gasteiger charge is -2.09. The van der Waals surface area contributed by atoms with Gasteiger partial charge in [-0.15, -0.1) is 0 Å². The summed E-state index contributed by atoms with van der Waals surface area (Å²) in [4.78, 5) is 23.8. The van der Waals surface area contributed by atoms with Crippen molar-refractivity contribution in [2.75, 3.05) is 11.9 Å². The van der Waals surface area contributed by atoms with Crippen LogP contribution in [-0.4, -0.2) is 22.9 Å². The average molecular weight is 336 g/mol. The van der Waals surface area contributed by atoms with E-state index in [1.807, 2.05) is 42.0 Å². The highest BCUT2D eigenvalue weighted by molar-refractivity contribution is 5.97. The maximum absolute atomic E-state index is 12.3. The molecule has 0 bridgehead atoms. The fraction of sp³-hybridized carbons (Fsp3) is 0.200. The lowest BCUT2D eigenvalue weighted by Crippen LogP contribution is -2.18. The van der Waals surface area contributed by atoms with E-state index >= 15 is 0 Å². The molecule has 1 N–H and O–H groups in total. The Morgan fingerprint density at radius 1 is 1.12 bits per heavy atom. The molecule has 0 aliphatic carbocycles. The van der Waals surface area contributed by atoms with E-state index in [4.69, 9.17) is 4.74 Å². The first-order valence-electron chi connectivity index (χ1n) is 8.19. The number of carbonyl (C=O) groups excluding carboxylic acids is 2. The van der Waals surface area contributed by atoms with Gasteiger partial charge in [-0.05, 0) is 50.2 Å². The molecule has 2 aromatic carbocycles. The predicted molar refractivity (Wildman–Crippen MR) is 98.2 cm³/mol. The number of aromatic nitrogens is 1. The molecular weight excluding hydrogens is 316 g/mol. The van der Waals surface area contributed by atoms with Crippen molar-refractivity contribution in [3.05, 3.63) is 60.3 Å². The molecule has 0 atom stereocenters. The van der Waals surface area contributed by atoms with E-state index in [9.17, 15) is 9.59 Å². The summed E-state index contributed by atoms with van der Waals surface area (Å²) in [6.07, 6.45) is 1.88. The van der Waals surface area contributed by atoms with Gasteiger partial charge in [-0.2, -0.15) is 0 Å². The molecule has 0 saturated heterocycles. The second-order valence-electron chi connectivity index (χ2n) is 5.78. The Hall–Kier alpha value is -3.08. The standard InChI is InChI=1S/C20H20N2O3/c1-3-25-18-7-8-19-16(12-18)9-10-22(19)13-20(24)21-17-6-4-5-15(11-17)14(2)23/h4-12H,3,13H2,1-2H3,(H,21,24). The highest BCUT2D eigenvalue weighted by atomic mass is 16.5. The number of fused-ring (bicyclic) bond motifs is 1. The summed E-state index contributed by atoms with van der Waals surface area (Å²) in [6, 6.07) is 14.7. The van der Waals surface area contributed by atoms with Crippen molar-refractivity contribution >= 4 is 28.3 Å². The lowest BCUT2D eigenvalue weighted by atomic mass is 10.1. The van der Waals surface area contributed by atoms with Crippen LogP contribution in [0, 0.1) is 0 Å². The van der Waals surface area contributed by atoms with Gasteiger partial charge in [-0.25, -0.2) is 0 Å². The minimum Gasteiger partial charge on any atom is -0.494 e. The zero-order valence-corrected chi connectivity index (χ0v) is 14.3. The molecule has 5 nitrogen and oxygen atoms in total. The van der Waals surface area contributed by atoms with E-state index < -0.39 is 0 Å². The van der Waals surface area contributed by atoms with Crippen LogP contribution in [0.4, 0.5) is 5.69 Å². The van der Waals surface area contributed by atoms with E-state index in [-0.39, 0.29) is 18.2 Å². The number of nitrogens with one attached hydrogen (secondary N) is 1. The van der Waals surface area contributed by atoms with Gasteiger partial charge in [0.15, 0.2) is 5.78 Å². The van der Waals surface area contributed by atoms with Gasteiger partial charge in [0.05, 0.1) is 6.61 Å². The van der Waals surface area contributed by atoms with Crippen LogP contribution >= 0.6 is 0 Å². The molecule has 0 radical (unpaired) electrons. The van der Waals surface area contributed by atoms with Crippen molar-refractivity contribution in [2.45, 2.75) is 20.4 Å². The van der Waals surface area contributed by atoms with Crippen molar-refractivity contribution in [1.82, 2.24) is 4.57 Å². The number of nitrogens with zero attached hydrogens (tertiary/aromatic N) is 1. The average Bonchev–Trinajstić information content (AvgIpc) is 2.97. The molecule has 25 heavy (non-hydrogen) atoms. The molecule has 1 aromatic heterocycles. The summed E-state index contributed by atoms with van der Waals surface area (Å²) < 4.78 is 7.38. The van der Waals surface area contributed by atoms with Crippen LogP contribution in [-0.2, 0) is 11.3 Å². The van der Waals surface area contributed by atoms with E-state index in [0.717, 1.165) is 16.7 Å². The number of Topliss-reactive ketones (excluding diaryl/α,β-unsaturated/α-hetero) is 1. The Bertz CT molecular complexity index is 928. The normalized spacial score (nSPS) is 10.6. The Morgan fingerprint density at radius 3 is 2.72 bits per heavy atom. The van der Waals surface area contributed by atoms with Gasteiger partial charge in [-0.3, -0.25) is 9.59 Å². The molecule has 128 valence electrons. The fourth-order valence-electron chi connectivity index (χ4n) is 2.74. The van der Waals surface area contributed by atoms with Gasteiger partial charge in [0.2, 0.25) is 5.91 Å². The number of hydrogen-bond acceptors (Lipinski definition) is 3. The maximum Gasteiger partial charge on any atom is 0.244 e. The van der Waals surface area contributed by atoms with Crippen molar-refractivity contribution in [3.8, 4) is 5.75 Å². The van der Waals surface area contributed by atoms with Gasteiger partial charge in [0.25, 0.3) is 0 Å². The third-order valence-corrected chi connectivity index (χ3v) is 3.92. The first-order valence-corrected chi connectivity index (χ1v) is 8.19. The van der Waals surface area contributed by atoms with E-state index in [0.29, 0.717) is 17.9 Å². The van der Waals surface area contributed by atoms with Crippen molar-refractivity contribution < 1.29 is 14.3 Å². The highest BCUT2D eigenvalue weighted by Crippen LogP contribution is 2.22. The van der Waals surface area contributed by atoms with Crippen LogP contribution < -0.4 is 10.1 Å². The topological polar surface area (TPSA) is 60.3 Å². The number of benzene rings is 2. The summed E-state index contributed by atoms with van der Waals surface area (Å²) in [5, 5.41) is 3.86. The van der Waals surface area contributed by atoms with E-state index in [1.54, 1.807) is 24.3 Å². The predicted octanol–water partition coefficient (Wildman–Crippen LogP) is 3.88. The zero-order chi connectivity index (χ0) is 17.8. The molecule has 0 unspecified atom stereocenters. The van der Waals surface area contributed by atoms with Crippen molar-refractivity contribution in [1.29, 1.82) is 0 Å². The number of ketones is 1. The quantitative estimate of drug-likeness (QED) is 0.695. The lowest BCUT2D eigenvalue weighted by molar-refractivity contribution is -0.116. The minimum atomic E-state index is -0.146. The largest absolute Gasteiger partial charge is 0.494 e. The molecule has 1 heterocycles. The van der Waals surface area contributed by atoms with Gasteiger partial charge in [-0.1, -0.05) is 12.1 Å². The number of hydrogen-bond donors (Lipinski definition) is 1. The molecule has 0 spiro atoms. The number of carbonyl (C=O) groups is 2. The molecule has 3 rings (SSSR count). The highest BCUT2D eigenvalue weighted by Gasteiger charge is 2.09. The van der Waals surface area contributed by atoms with Crippen LogP contribution in [0.3, 0.4) is 0 Å². The third kappa shape index (κ3) is 3.88. The van der Waals surface area contributed by atoms with Gasteiger partial charge < -0.3 is 14.6 Å². The smallest absolute Gasteiger partial charge is 0.244 e. The Labute approximate surface area is 146 Å². The monoisotopic (exact) mass is 336 g/mol. The molecule has 0 fully saturated rings. The van der Waals surface area contributed by atoms with E-state index in [1.165, 1.54) is 6.92 Å². The second kappa shape index (κ2) is 7.21. The van der Waals surface area contributed by atoms with Crippen molar-refractivity contribution in [2.24, 2.45) is 0 Å². The molecule has 0 aliphatic rings. The van der Waals surface area contributed by atoms with Crippen LogP contribution in [0.25, 0.3) is 10.9 Å². The van der Waals surface area contributed by atoms with Crippen LogP contribution in [0.15, 0.2) is 54.7 Å². The number of rotatable bonds is 6. The number of anilines is 1. The summed E-state index contributed by atoms with van der Waals surface area (Å²) in [5.41, 5.74) is 2.16. The first kappa shape index (κ1) is 16.8. The summed E-state index contributed by atoms with van der Waals surface area (Å²) in [7, 11) is 0. The maximum atomic E-state index is 12.3. The minimum absolute atomic E-state index is 0.0300. The molecular formula is C20H20N2O3. The third-order valence-electron chi connectivity index (χ3n) is 3.92. The van der Waals surface area contributed by atoms with Gasteiger partial charge in [0, 0.05) is 28.4 Å². The van der Waals surface area contributed by atoms with Crippen LogP contribution in [0.1, 0.15) is 24.2 Å². The van der Waals surface area contributed by atoms with Crippen LogP contribution in [0.5, 0.6) is 5.75 Å². The summed E-state index contributed by atoms with van der Waals surface area (Å²) in [6.45, 7) is 4.26. The molecule has 3 aromatic rings. The SMILES string of the molecule is CCOc1ccc2c(ccn2CC(=O)Nc2cccc(C(C)=O)c2)c1. The molecule has 1 amide bonds. The zero-order valence-electron chi connectivity index (χ0n) is 14.3. The molecule has 5 heteroatoms. The Morgan fingerprint density at radius 2 is 1.96 bits per heavy atom. The van der Waals surface area contributed by atoms with Gasteiger partial charge >= 0.3 is 0 Å². The molecule has 0 saturated carbocycles. The van der Waals surface area contributed by atoms with Crippen molar-refractivity contribution in [3.63, 3.8) is 0 Å². The first-order chi connectivity index (χ1) is 12.1. The molecule has 0 aliphatic heterocycles. The number of amides is 1. The van der Waals surface area contributed by atoms with Gasteiger partial charge in [0.1, 0.15) is 12.3 Å². The Balaban J connectivity index is 1.74. The summed E-state index contributed by atoms with van der Waals surface area (Å²) >= 11 is 0. The number of ether oxygens (including phenoxy) is 1. The summed E-state index contributed by atoms with van der Waals surface area (Å²) in [5.74, 6) is 0.642. The second-order valence-corrected chi connectivity index (χ2v) is 5.78. The fourth-order valence-corrected chi connectivity index (χ4v) is 2.74.